The summed E-state index contributed by atoms with van der Waals surface area (Å²) in [6.07, 6.45) is 2.12. The molecule has 16 heavy (non-hydrogen) atoms. The van der Waals surface area contributed by atoms with Crippen LogP contribution in [0.4, 0.5) is 11.4 Å². The van der Waals surface area contributed by atoms with Crippen molar-refractivity contribution in [2.75, 3.05) is 5.32 Å². The van der Waals surface area contributed by atoms with Gasteiger partial charge in [0, 0.05) is 17.1 Å². The fourth-order valence-electron chi connectivity index (χ4n) is 2.02. The summed E-state index contributed by atoms with van der Waals surface area (Å²) in [6.45, 7) is 2.17. The quantitative estimate of drug-likeness (QED) is 0.650. The number of nitrogens with zero attached hydrogens (tertiary/aromatic N) is 1. The van der Waals surface area contributed by atoms with E-state index in [1.165, 1.54) is 12.1 Å². The summed E-state index contributed by atoms with van der Waals surface area (Å²) in [6, 6.07) is 4.93. The molecule has 5 heteroatoms. The van der Waals surface area contributed by atoms with Crippen molar-refractivity contribution in [3.63, 3.8) is 0 Å². The molecule has 0 spiro atoms. The highest BCUT2D eigenvalue weighted by Crippen LogP contribution is 2.34. The molecule has 1 N–H and O–H groups in total. The fraction of sp³-hybridized carbons (Fsp3) is 0.455. The monoisotopic (exact) mass is 240 g/mol. The second kappa shape index (κ2) is 4.29. The first-order valence-electron chi connectivity index (χ1n) is 5.26. The van der Waals surface area contributed by atoms with Crippen molar-refractivity contribution in [1.82, 2.24) is 0 Å². The molecule has 1 fully saturated rings. The van der Waals surface area contributed by atoms with Crippen LogP contribution in [-0.2, 0) is 0 Å². The third kappa shape index (κ3) is 2.27. The largest absolute Gasteiger partial charge is 0.377 e. The van der Waals surface area contributed by atoms with Crippen LogP contribution in [0.15, 0.2) is 18.2 Å². The summed E-state index contributed by atoms with van der Waals surface area (Å²) >= 11 is 5.83. The van der Waals surface area contributed by atoms with E-state index in [0.29, 0.717) is 22.7 Å². The summed E-state index contributed by atoms with van der Waals surface area (Å²) in [7, 11) is 0. The molecule has 0 unspecified atom stereocenters. The number of halogens is 1. The lowest BCUT2D eigenvalue weighted by molar-refractivity contribution is -0.384. The Bertz CT molecular complexity index is 416. The summed E-state index contributed by atoms with van der Waals surface area (Å²) < 4.78 is 0. The third-order valence-corrected chi connectivity index (χ3v) is 3.12. The van der Waals surface area contributed by atoms with E-state index in [0.717, 1.165) is 12.8 Å². The lowest BCUT2D eigenvalue weighted by Gasteiger charge is -2.33. The van der Waals surface area contributed by atoms with Gasteiger partial charge in [0.25, 0.3) is 5.69 Å². The zero-order valence-electron chi connectivity index (χ0n) is 8.94. The van der Waals surface area contributed by atoms with Gasteiger partial charge in [-0.1, -0.05) is 18.5 Å². The van der Waals surface area contributed by atoms with Crippen molar-refractivity contribution in [3.8, 4) is 0 Å². The van der Waals surface area contributed by atoms with Crippen LogP contribution in [0.25, 0.3) is 0 Å². The van der Waals surface area contributed by atoms with Gasteiger partial charge in [-0.25, -0.2) is 0 Å². The zero-order valence-corrected chi connectivity index (χ0v) is 9.70. The molecular formula is C11H13ClN2O2. The van der Waals surface area contributed by atoms with Gasteiger partial charge >= 0.3 is 0 Å². The van der Waals surface area contributed by atoms with Gasteiger partial charge in [-0.15, -0.1) is 0 Å². The Hall–Kier alpha value is -1.29. The van der Waals surface area contributed by atoms with Crippen molar-refractivity contribution in [3.05, 3.63) is 33.3 Å². The van der Waals surface area contributed by atoms with Crippen LogP contribution in [0, 0.1) is 16.0 Å². The molecule has 1 saturated carbocycles. The minimum Gasteiger partial charge on any atom is -0.377 e. The average molecular weight is 241 g/mol. The molecule has 0 aromatic heterocycles. The van der Waals surface area contributed by atoms with Gasteiger partial charge in [0.1, 0.15) is 5.69 Å². The Labute approximate surface area is 98.8 Å². The number of benzene rings is 1. The van der Waals surface area contributed by atoms with Gasteiger partial charge in [-0.05, 0) is 30.9 Å². The smallest absolute Gasteiger partial charge is 0.292 e. The molecule has 1 aromatic rings. The van der Waals surface area contributed by atoms with Crippen molar-refractivity contribution < 1.29 is 4.92 Å². The van der Waals surface area contributed by atoms with Crippen LogP contribution >= 0.6 is 11.6 Å². The minimum atomic E-state index is -0.388. The Kier molecular flexibility index (Phi) is 3.01. The van der Waals surface area contributed by atoms with Gasteiger partial charge in [0.2, 0.25) is 0 Å². The maximum atomic E-state index is 10.8. The van der Waals surface area contributed by atoms with Crippen LogP contribution in [0.2, 0.25) is 5.02 Å². The second-order valence-corrected chi connectivity index (χ2v) is 4.77. The van der Waals surface area contributed by atoms with E-state index in [-0.39, 0.29) is 10.6 Å². The summed E-state index contributed by atoms with van der Waals surface area (Å²) in [4.78, 5) is 10.4. The normalized spacial score (nSPS) is 23.6. The van der Waals surface area contributed by atoms with Gasteiger partial charge in [0.05, 0.1) is 4.92 Å². The van der Waals surface area contributed by atoms with E-state index in [1.54, 1.807) is 6.07 Å². The van der Waals surface area contributed by atoms with Gasteiger partial charge in [-0.3, -0.25) is 10.1 Å². The molecule has 0 heterocycles. The Morgan fingerprint density at radius 1 is 1.50 bits per heavy atom. The zero-order chi connectivity index (χ0) is 11.7. The van der Waals surface area contributed by atoms with E-state index < -0.39 is 0 Å². The SMILES string of the molecule is CC1CC(Nc2cc(Cl)ccc2[N+](=O)[O-])C1. The predicted molar refractivity (Wildman–Crippen MR) is 63.9 cm³/mol. The molecule has 0 bridgehead atoms. The van der Waals surface area contributed by atoms with E-state index in [1.807, 2.05) is 0 Å². The summed E-state index contributed by atoms with van der Waals surface area (Å²) in [5, 5.41) is 14.5. The molecule has 1 aromatic carbocycles. The first kappa shape index (κ1) is 11.2. The molecule has 2 rings (SSSR count). The highest BCUT2D eigenvalue weighted by Gasteiger charge is 2.27. The van der Waals surface area contributed by atoms with E-state index in [9.17, 15) is 10.1 Å². The van der Waals surface area contributed by atoms with Crippen LogP contribution in [0.5, 0.6) is 0 Å². The Morgan fingerprint density at radius 3 is 2.75 bits per heavy atom. The van der Waals surface area contributed by atoms with Crippen LogP contribution in [-0.4, -0.2) is 11.0 Å². The van der Waals surface area contributed by atoms with Crippen LogP contribution in [0.3, 0.4) is 0 Å². The number of hydrogen-bond acceptors (Lipinski definition) is 3. The average Bonchev–Trinajstić information content (AvgIpc) is 2.15. The number of rotatable bonds is 3. The molecule has 0 atom stereocenters. The van der Waals surface area contributed by atoms with Gasteiger partial charge in [0.15, 0.2) is 0 Å². The minimum absolute atomic E-state index is 0.0870. The predicted octanol–water partition coefficient (Wildman–Crippen LogP) is 3.46. The Morgan fingerprint density at radius 2 is 2.19 bits per heavy atom. The maximum Gasteiger partial charge on any atom is 0.292 e. The van der Waals surface area contributed by atoms with E-state index >= 15 is 0 Å². The standard InChI is InChI=1S/C11H13ClN2O2/c1-7-4-9(5-7)13-10-6-8(12)2-3-11(10)14(15)16/h2-3,6-7,9,13H,4-5H2,1H3. The summed E-state index contributed by atoms with van der Waals surface area (Å²) in [5.41, 5.74) is 0.610. The van der Waals surface area contributed by atoms with Gasteiger partial charge in [-0.2, -0.15) is 0 Å². The molecule has 1 aliphatic rings. The number of anilines is 1. The van der Waals surface area contributed by atoms with E-state index in [4.69, 9.17) is 11.6 Å². The van der Waals surface area contributed by atoms with Crippen molar-refractivity contribution >= 4 is 23.0 Å². The lowest BCUT2D eigenvalue weighted by Crippen LogP contribution is -2.33. The Balaban J connectivity index is 2.17. The maximum absolute atomic E-state index is 10.8. The lowest BCUT2D eigenvalue weighted by atomic mass is 9.82. The van der Waals surface area contributed by atoms with Crippen molar-refractivity contribution in [1.29, 1.82) is 0 Å². The molecule has 4 nitrogen and oxygen atoms in total. The first-order valence-corrected chi connectivity index (χ1v) is 5.64. The fourth-order valence-corrected chi connectivity index (χ4v) is 2.20. The van der Waals surface area contributed by atoms with Gasteiger partial charge < -0.3 is 5.32 Å². The molecule has 0 radical (unpaired) electrons. The molecule has 0 aliphatic heterocycles. The highest BCUT2D eigenvalue weighted by atomic mass is 35.5. The number of nitro benzene ring substituents is 1. The first-order chi connectivity index (χ1) is 7.56. The number of hydrogen-bond donors (Lipinski definition) is 1. The molecule has 86 valence electrons. The molecule has 1 aliphatic carbocycles. The summed E-state index contributed by atoms with van der Waals surface area (Å²) in [5.74, 6) is 0.704. The number of nitro groups is 1. The van der Waals surface area contributed by atoms with E-state index in [2.05, 4.69) is 12.2 Å². The van der Waals surface area contributed by atoms with Crippen molar-refractivity contribution in [2.45, 2.75) is 25.8 Å². The van der Waals surface area contributed by atoms with Crippen LogP contribution < -0.4 is 5.32 Å². The molecule has 0 saturated heterocycles. The topological polar surface area (TPSA) is 55.2 Å². The highest BCUT2D eigenvalue weighted by molar-refractivity contribution is 6.31. The number of nitrogens with one attached hydrogen (secondary N) is 1. The third-order valence-electron chi connectivity index (χ3n) is 2.89. The second-order valence-electron chi connectivity index (χ2n) is 4.34. The molecule has 0 amide bonds. The molecular weight excluding hydrogens is 228 g/mol. The van der Waals surface area contributed by atoms with Crippen molar-refractivity contribution in [2.24, 2.45) is 5.92 Å². The van der Waals surface area contributed by atoms with Crippen LogP contribution in [0.1, 0.15) is 19.8 Å².